The highest BCUT2D eigenvalue weighted by Gasteiger charge is 2.14. The Kier molecular flexibility index (Phi) is 5.02. The van der Waals surface area contributed by atoms with Gasteiger partial charge in [-0.25, -0.2) is 4.39 Å². The van der Waals surface area contributed by atoms with E-state index >= 15 is 0 Å². The van der Waals surface area contributed by atoms with Gasteiger partial charge in [0.05, 0.1) is 12.6 Å². The van der Waals surface area contributed by atoms with Gasteiger partial charge in [0, 0.05) is 12.1 Å². The molecular formula is C11H15ClFNO. The van der Waals surface area contributed by atoms with Gasteiger partial charge in [0.15, 0.2) is 0 Å². The van der Waals surface area contributed by atoms with Gasteiger partial charge >= 0.3 is 0 Å². The first-order chi connectivity index (χ1) is 7.19. The molecule has 0 bridgehead atoms. The first-order valence-corrected chi connectivity index (χ1v) is 5.24. The van der Waals surface area contributed by atoms with Crippen LogP contribution in [0.25, 0.3) is 0 Å². The average molecular weight is 232 g/mol. The number of benzene rings is 1. The van der Waals surface area contributed by atoms with E-state index in [4.69, 9.17) is 16.3 Å². The Labute approximate surface area is 94.4 Å². The zero-order chi connectivity index (χ0) is 11.3. The predicted octanol–water partition coefficient (Wildman–Crippen LogP) is 2.78. The highest BCUT2D eigenvalue weighted by Crippen LogP contribution is 2.24. The van der Waals surface area contributed by atoms with E-state index in [1.54, 1.807) is 13.2 Å². The Bertz CT molecular complexity index is 313. The first kappa shape index (κ1) is 12.4. The fourth-order valence-corrected chi connectivity index (χ4v) is 1.70. The molecule has 2 nitrogen and oxygen atoms in total. The number of hydrogen-bond acceptors (Lipinski definition) is 2. The maximum absolute atomic E-state index is 13.1. The SMILES string of the molecule is CCNC(COC)c1cc(F)ccc1Cl. The molecule has 0 spiro atoms. The van der Waals surface area contributed by atoms with Crippen LogP contribution in [0.4, 0.5) is 4.39 Å². The minimum atomic E-state index is -0.284. The van der Waals surface area contributed by atoms with Gasteiger partial charge in [-0.2, -0.15) is 0 Å². The molecule has 1 aromatic carbocycles. The number of likely N-dealkylation sites (N-methyl/N-ethyl adjacent to an activating group) is 1. The topological polar surface area (TPSA) is 21.3 Å². The van der Waals surface area contributed by atoms with Gasteiger partial charge in [-0.3, -0.25) is 0 Å². The molecule has 1 aromatic rings. The van der Waals surface area contributed by atoms with Crippen LogP contribution in [0.15, 0.2) is 18.2 Å². The largest absolute Gasteiger partial charge is 0.383 e. The van der Waals surface area contributed by atoms with E-state index < -0.39 is 0 Å². The molecule has 0 aliphatic rings. The molecule has 0 aliphatic carbocycles. The Morgan fingerprint density at radius 2 is 2.27 bits per heavy atom. The average Bonchev–Trinajstić information content (AvgIpc) is 2.21. The number of nitrogens with one attached hydrogen (secondary N) is 1. The molecular weight excluding hydrogens is 217 g/mol. The van der Waals surface area contributed by atoms with Gasteiger partial charge in [-0.1, -0.05) is 18.5 Å². The number of rotatable bonds is 5. The Balaban J connectivity index is 2.93. The van der Waals surface area contributed by atoms with Crippen molar-refractivity contribution in [3.63, 3.8) is 0 Å². The molecule has 0 amide bonds. The third-order valence-corrected chi connectivity index (χ3v) is 2.46. The summed E-state index contributed by atoms with van der Waals surface area (Å²) in [7, 11) is 1.61. The van der Waals surface area contributed by atoms with Gasteiger partial charge < -0.3 is 10.1 Å². The Morgan fingerprint density at radius 1 is 1.53 bits per heavy atom. The van der Waals surface area contributed by atoms with Crippen molar-refractivity contribution < 1.29 is 9.13 Å². The third-order valence-electron chi connectivity index (χ3n) is 2.12. The van der Waals surface area contributed by atoms with Crippen LogP contribution in [0.3, 0.4) is 0 Å². The molecule has 0 saturated heterocycles. The standard InChI is InChI=1S/C11H15ClFNO/c1-3-14-11(7-15-2)9-6-8(13)4-5-10(9)12/h4-6,11,14H,3,7H2,1-2H3. The van der Waals surface area contributed by atoms with E-state index in [9.17, 15) is 4.39 Å². The van der Waals surface area contributed by atoms with Crippen LogP contribution in [-0.4, -0.2) is 20.3 Å². The summed E-state index contributed by atoms with van der Waals surface area (Å²) in [6.07, 6.45) is 0. The molecule has 1 unspecified atom stereocenters. The normalized spacial score (nSPS) is 12.8. The second kappa shape index (κ2) is 6.05. The van der Waals surface area contributed by atoms with Crippen molar-refractivity contribution in [1.82, 2.24) is 5.32 Å². The van der Waals surface area contributed by atoms with E-state index in [1.165, 1.54) is 12.1 Å². The zero-order valence-corrected chi connectivity index (χ0v) is 9.64. The molecule has 15 heavy (non-hydrogen) atoms. The highest BCUT2D eigenvalue weighted by molar-refractivity contribution is 6.31. The number of methoxy groups -OCH3 is 1. The summed E-state index contributed by atoms with van der Waals surface area (Å²) in [5, 5.41) is 3.75. The lowest BCUT2D eigenvalue weighted by molar-refractivity contribution is 0.167. The van der Waals surface area contributed by atoms with Crippen molar-refractivity contribution in [3.05, 3.63) is 34.6 Å². The van der Waals surface area contributed by atoms with Gasteiger partial charge in [-0.15, -0.1) is 0 Å². The van der Waals surface area contributed by atoms with E-state index in [-0.39, 0.29) is 11.9 Å². The fraction of sp³-hybridized carbons (Fsp3) is 0.455. The molecule has 84 valence electrons. The maximum atomic E-state index is 13.1. The van der Waals surface area contributed by atoms with E-state index in [0.717, 1.165) is 12.1 Å². The van der Waals surface area contributed by atoms with Gasteiger partial charge in [0.1, 0.15) is 5.82 Å². The van der Waals surface area contributed by atoms with Crippen molar-refractivity contribution >= 4 is 11.6 Å². The summed E-state index contributed by atoms with van der Waals surface area (Å²) in [4.78, 5) is 0. The minimum absolute atomic E-state index is 0.0665. The van der Waals surface area contributed by atoms with Crippen LogP contribution < -0.4 is 5.32 Å². The molecule has 0 radical (unpaired) electrons. The summed E-state index contributed by atoms with van der Waals surface area (Å²) < 4.78 is 18.1. The van der Waals surface area contributed by atoms with Crippen molar-refractivity contribution in [3.8, 4) is 0 Å². The lowest BCUT2D eigenvalue weighted by Crippen LogP contribution is -2.25. The quantitative estimate of drug-likeness (QED) is 0.842. The summed E-state index contributed by atoms with van der Waals surface area (Å²) in [5.41, 5.74) is 0.736. The Morgan fingerprint density at radius 3 is 2.87 bits per heavy atom. The molecule has 1 N–H and O–H groups in total. The highest BCUT2D eigenvalue weighted by atomic mass is 35.5. The number of hydrogen-bond donors (Lipinski definition) is 1. The van der Waals surface area contributed by atoms with Gasteiger partial charge in [0.25, 0.3) is 0 Å². The molecule has 1 atom stereocenters. The molecule has 0 heterocycles. The van der Waals surface area contributed by atoms with Crippen molar-refractivity contribution in [2.75, 3.05) is 20.3 Å². The summed E-state index contributed by atoms with van der Waals surface area (Å²) >= 11 is 6.00. The Hall–Kier alpha value is -0.640. The zero-order valence-electron chi connectivity index (χ0n) is 8.89. The van der Waals surface area contributed by atoms with Crippen LogP contribution in [0.1, 0.15) is 18.5 Å². The van der Waals surface area contributed by atoms with Crippen molar-refractivity contribution in [1.29, 1.82) is 0 Å². The lowest BCUT2D eigenvalue weighted by atomic mass is 10.1. The van der Waals surface area contributed by atoms with Crippen molar-refractivity contribution in [2.24, 2.45) is 0 Å². The predicted molar refractivity (Wildman–Crippen MR) is 59.7 cm³/mol. The van der Waals surface area contributed by atoms with E-state index in [1.807, 2.05) is 6.92 Å². The smallest absolute Gasteiger partial charge is 0.123 e. The summed E-state index contributed by atoms with van der Waals surface area (Å²) in [6.45, 7) is 3.23. The molecule has 0 saturated carbocycles. The summed E-state index contributed by atoms with van der Waals surface area (Å²) in [5.74, 6) is -0.284. The molecule has 0 aliphatic heterocycles. The fourth-order valence-electron chi connectivity index (χ4n) is 1.45. The minimum Gasteiger partial charge on any atom is -0.383 e. The van der Waals surface area contributed by atoms with Crippen molar-refractivity contribution in [2.45, 2.75) is 13.0 Å². The van der Waals surface area contributed by atoms with Crippen LogP contribution >= 0.6 is 11.6 Å². The number of halogens is 2. The van der Waals surface area contributed by atoms with Gasteiger partial charge in [0.2, 0.25) is 0 Å². The van der Waals surface area contributed by atoms with Crippen LogP contribution in [0.2, 0.25) is 5.02 Å². The molecule has 1 rings (SSSR count). The third kappa shape index (κ3) is 3.45. The van der Waals surface area contributed by atoms with E-state index in [0.29, 0.717) is 11.6 Å². The van der Waals surface area contributed by atoms with Crippen LogP contribution in [0.5, 0.6) is 0 Å². The molecule has 4 heteroatoms. The maximum Gasteiger partial charge on any atom is 0.123 e. The molecule has 0 fully saturated rings. The van der Waals surface area contributed by atoms with Crippen LogP contribution in [0, 0.1) is 5.82 Å². The van der Waals surface area contributed by atoms with Crippen LogP contribution in [-0.2, 0) is 4.74 Å². The second-order valence-electron chi connectivity index (χ2n) is 3.23. The first-order valence-electron chi connectivity index (χ1n) is 4.86. The van der Waals surface area contributed by atoms with Gasteiger partial charge in [-0.05, 0) is 30.3 Å². The van der Waals surface area contributed by atoms with E-state index in [2.05, 4.69) is 5.32 Å². The summed E-state index contributed by atoms with van der Waals surface area (Å²) in [6, 6.07) is 4.28. The molecule has 0 aromatic heterocycles. The monoisotopic (exact) mass is 231 g/mol. The lowest BCUT2D eigenvalue weighted by Gasteiger charge is -2.18. The number of ether oxygens (including phenoxy) is 1. The second-order valence-corrected chi connectivity index (χ2v) is 3.64.